The Hall–Kier alpha value is -0.870. The van der Waals surface area contributed by atoms with E-state index in [-0.39, 0.29) is 17.0 Å². The van der Waals surface area contributed by atoms with Crippen molar-refractivity contribution < 1.29 is 15.8 Å². The fraction of sp³-hybridized carbons (Fsp3) is 0.842. The molecule has 0 aromatic carbocycles. The Morgan fingerprint density at radius 1 is 1.09 bits per heavy atom. The molecule has 0 aromatic heterocycles. The topological polar surface area (TPSA) is 84.3 Å². The number of rotatable bonds is 0. The molecule has 0 aromatic rings. The van der Waals surface area contributed by atoms with Crippen LogP contribution < -0.4 is 0 Å². The van der Waals surface area contributed by atoms with Crippen LogP contribution in [0.5, 0.6) is 0 Å². The van der Waals surface area contributed by atoms with Crippen LogP contribution in [0.3, 0.4) is 0 Å². The van der Waals surface area contributed by atoms with E-state index in [1.54, 1.807) is 0 Å². The normalized spacial score (nSPS) is 50.4. The molecule has 4 rings (SSSR count). The zero-order valence-corrected chi connectivity index (χ0v) is 14.4. The van der Waals surface area contributed by atoms with Crippen LogP contribution in [0.1, 0.15) is 65.2 Å². The highest BCUT2D eigenvalue weighted by Gasteiger charge is 2.57. The molecule has 3 fully saturated rings. The summed E-state index contributed by atoms with van der Waals surface area (Å²) in [5.41, 5.74) is 3.02. The molecule has 130 valence electrons. The third kappa shape index (κ3) is 2.21. The summed E-state index contributed by atoms with van der Waals surface area (Å²) in [5, 5.41) is 23.1. The van der Waals surface area contributed by atoms with Crippen LogP contribution in [0.4, 0.5) is 0 Å². The van der Waals surface area contributed by atoms with Gasteiger partial charge in [-0.25, -0.2) is 0 Å². The molecule has 23 heavy (non-hydrogen) atoms. The maximum Gasteiger partial charge on any atom is 0.0632 e. The molecule has 0 heterocycles. The summed E-state index contributed by atoms with van der Waals surface area (Å²) in [6.07, 6.45) is 11.1. The smallest absolute Gasteiger partial charge is 0.0632 e. The van der Waals surface area contributed by atoms with Crippen molar-refractivity contribution in [1.82, 2.24) is 0 Å². The predicted octanol–water partition coefficient (Wildman–Crippen LogP) is 3.32. The Morgan fingerprint density at radius 2 is 1.78 bits per heavy atom. The quantitative estimate of drug-likeness (QED) is 0.407. The number of aliphatic hydroxyl groups is 1. The molecule has 0 aliphatic heterocycles. The molecule has 0 unspecified atom stereocenters. The van der Waals surface area contributed by atoms with Crippen LogP contribution in [0.25, 0.3) is 0 Å². The lowest BCUT2D eigenvalue weighted by Crippen LogP contribution is -2.50. The van der Waals surface area contributed by atoms with Crippen molar-refractivity contribution in [2.45, 2.75) is 71.3 Å². The Labute approximate surface area is 139 Å². The molecule has 0 amide bonds. The molecule has 0 spiro atoms. The van der Waals surface area contributed by atoms with Crippen LogP contribution in [0.15, 0.2) is 16.8 Å². The van der Waals surface area contributed by atoms with Gasteiger partial charge in [-0.05, 0) is 74.5 Å². The number of hydrogen-bond acceptors (Lipinski definition) is 3. The number of nitrogens with zero attached hydrogens (tertiary/aromatic N) is 1. The van der Waals surface area contributed by atoms with Gasteiger partial charge in [0.15, 0.2) is 0 Å². The van der Waals surface area contributed by atoms with E-state index in [0.717, 1.165) is 43.2 Å². The molecule has 0 saturated heterocycles. The van der Waals surface area contributed by atoms with Crippen molar-refractivity contribution in [3.8, 4) is 0 Å². The van der Waals surface area contributed by atoms with Crippen LogP contribution in [0.2, 0.25) is 0 Å². The second-order valence-corrected chi connectivity index (χ2v) is 8.70. The third-order valence-corrected chi connectivity index (χ3v) is 7.94. The number of fused-ring (bicyclic) bond motifs is 5. The molecule has 3 saturated carbocycles. The van der Waals surface area contributed by atoms with Gasteiger partial charge in [-0.3, -0.25) is 0 Å². The molecule has 4 heteroatoms. The summed E-state index contributed by atoms with van der Waals surface area (Å²) in [4.78, 5) is 0. The first-order valence-electron chi connectivity index (χ1n) is 9.08. The van der Waals surface area contributed by atoms with Crippen molar-refractivity contribution >= 4 is 5.71 Å². The number of allylic oxidation sites excluding steroid dienone is 1. The van der Waals surface area contributed by atoms with E-state index >= 15 is 0 Å². The Bertz CT molecular complexity index is 543. The first-order valence-corrected chi connectivity index (χ1v) is 9.08. The first kappa shape index (κ1) is 17.0. The van der Waals surface area contributed by atoms with Gasteiger partial charge >= 0.3 is 0 Å². The summed E-state index contributed by atoms with van der Waals surface area (Å²) in [7, 11) is 0. The first-order chi connectivity index (χ1) is 10.5. The molecule has 4 N–H and O–H groups in total. The van der Waals surface area contributed by atoms with E-state index in [0.29, 0.717) is 11.3 Å². The fourth-order valence-electron chi connectivity index (χ4n) is 6.59. The lowest BCUT2D eigenvalue weighted by molar-refractivity contribution is -0.0213. The molecular weight excluding hydrogens is 290 g/mol. The van der Waals surface area contributed by atoms with Crippen LogP contribution in [-0.4, -0.2) is 27.6 Å². The summed E-state index contributed by atoms with van der Waals surface area (Å²) in [6.45, 7) is 4.79. The average molecular weight is 321 g/mol. The van der Waals surface area contributed by atoms with Gasteiger partial charge in [0.2, 0.25) is 0 Å². The van der Waals surface area contributed by atoms with Gasteiger partial charge in [0, 0.05) is 5.41 Å². The number of oxime groups is 1. The maximum atomic E-state index is 10.0. The minimum atomic E-state index is -0.121. The molecule has 6 atom stereocenters. The second kappa shape index (κ2) is 5.59. The van der Waals surface area contributed by atoms with Gasteiger partial charge < -0.3 is 15.8 Å². The summed E-state index contributed by atoms with van der Waals surface area (Å²) >= 11 is 0. The van der Waals surface area contributed by atoms with Gasteiger partial charge in [-0.1, -0.05) is 30.7 Å². The van der Waals surface area contributed by atoms with Crippen LogP contribution in [0, 0.1) is 28.6 Å². The van der Waals surface area contributed by atoms with Crippen molar-refractivity contribution in [2.75, 3.05) is 0 Å². The highest BCUT2D eigenvalue weighted by Crippen LogP contribution is 2.64. The zero-order valence-electron chi connectivity index (χ0n) is 14.4. The van der Waals surface area contributed by atoms with Crippen molar-refractivity contribution in [1.29, 1.82) is 0 Å². The SMILES string of the molecule is C[C@]12CC[C@H](O)CC1=CC[C@@H]1[C@@H]2CC[C@]2(C)C(=NO)CC[C@@H]12.O. The monoisotopic (exact) mass is 321 g/mol. The van der Waals surface area contributed by atoms with Crippen molar-refractivity contribution in [3.63, 3.8) is 0 Å². The van der Waals surface area contributed by atoms with Crippen LogP contribution in [-0.2, 0) is 0 Å². The summed E-state index contributed by atoms with van der Waals surface area (Å²) < 4.78 is 0. The van der Waals surface area contributed by atoms with E-state index in [4.69, 9.17) is 0 Å². The van der Waals surface area contributed by atoms with Gasteiger partial charge in [0.05, 0.1) is 11.8 Å². The van der Waals surface area contributed by atoms with Gasteiger partial charge in [0.25, 0.3) is 0 Å². The minimum Gasteiger partial charge on any atom is -0.412 e. The van der Waals surface area contributed by atoms with Crippen molar-refractivity contribution in [3.05, 3.63) is 11.6 Å². The maximum absolute atomic E-state index is 10.0. The van der Waals surface area contributed by atoms with E-state index in [9.17, 15) is 10.3 Å². The molecule has 0 radical (unpaired) electrons. The average Bonchev–Trinajstić information content (AvgIpc) is 2.84. The zero-order chi connectivity index (χ0) is 15.5. The predicted molar refractivity (Wildman–Crippen MR) is 90.5 cm³/mol. The molecule has 0 bridgehead atoms. The van der Waals surface area contributed by atoms with E-state index < -0.39 is 0 Å². The third-order valence-electron chi connectivity index (χ3n) is 7.94. The molecule has 4 nitrogen and oxygen atoms in total. The lowest BCUT2D eigenvalue weighted by atomic mass is 9.48. The van der Waals surface area contributed by atoms with E-state index in [2.05, 4.69) is 25.1 Å². The fourth-order valence-corrected chi connectivity index (χ4v) is 6.59. The largest absolute Gasteiger partial charge is 0.412 e. The Morgan fingerprint density at radius 3 is 2.52 bits per heavy atom. The highest BCUT2D eigenvalue weighted by molar-refractivity contribution is 5.92. The second-order valence-electron chi connectivity index (χ2n) is 8.70. The lowest BCUT2D eigenvalue weighted by Gasteiger charge is -2.57. The van der Waals surface area contributed by atoms with Crippen molar-refractivity contribution in [2.24, 2.45) is 33.7 Å². The Kier molecular flexibility index (Phi) is 4.13. The molecule has 4 aliphatic carbocycles. The number of aliphatic hydroxyl groups excluding tert-OH is 1. The van der Waals surface area contributed by atoms with Gasteiger partial charge in [0.1, 0.15) is 0 Å². The van der Waals surface area contributed by atoms with Crippen LogP contribution >= 0.6 is 0 Å². The minimum absolute atomic E-state index is 0. The Balaban J connectivity index is 0.00000156. The van der Waals surface area contributed by atoms with E-state index in [1.807, 2.05) is 0 Å². The standard InChI is InChI=1S/C19H29NO2.H2O/c1-18-9-7-13(21)11-12(18)3-4-14-15-5-6-17(20-22)19(15,2)10-8-16(14)18;/h3,13-16,21-22H,4-11H2,1-2H3;1H2/t13-,14-,15-,16-,18-,19-;/m0./s1. The van der Waals surface area contributed by atoms with E-state index in [1.165, 1.54) is 31.3 Å². The number of hydrogen-bond donors (Lipinski definition) is 2. The van der Waals surface area contributed by atoms with Gasteiger partial charge in [-0.15, -0.1) is 0 Å². The molecule has 4 aliphatic rings. The molecular formula is C19H31NO3. The summed E-state index contributed by atoms with van der Waals surface area (Å²) in [6, 6.07) is 0. The summed E-state index contributed by atoms with van der Waals surface area (Å²) in [5.74, 6) is 2.18. The van der Waals surface area contributed by atoms with Gasteiger partial charge in [-0.2, -0.15) is 0 Å². The highest BCUT2D eigenvalue weighted by atomic mass is 16.4.